The number of nitrogens with zero attached hydrogens (tertiary/aromatic N) is 3. The molecular weight excluding hydrogens is 260 g/mol. The maximum atomic E-state index is 4.48. The minimum atomic E-state index is 0.434. The number of nitrogens with one attached hydrogen (secondary N) is 1. The Morgan fingerprint density at radius 1 is 1.29 bits per heavy atom. The highest BCUT2D eigenvalue weighted by Crippen LogP contribution is 2.34. The van der Waals surface area contributed by atoms with Crippen molar-refractivity contribution in [1.29, 1.82) is 0 Å². The van der Waals surface area contributed by atoms with Gasteiger partial charge in [0.15, 0.2) is 5.96 Å². The number of hydrogen-bond acceptors (Lipinski definition) is 2. The Labute approximate surface area is 130 Å². The molecule has 2 saturated carbocycles. The van der Waals surface area contributed by atoms with Crippen molar-refractivity contribution in [2.45, 2.75) is 52.0 Å². The third kappa shape index (κ3) is 4.35. The van der Waals surface area contributed by atoms with E-state index in [4.69, 9.17) is 0 Å². The molecule has 0 aromatic carbocycles. The van der Waals surface area contributed by atoms with E-state index in [-0.39, 0.29) is 0 Å². The molecule has 4 heteroatoms. The zero-order chi connectivity index (χ0) is 14.9. The SMILES string of the molecule is CN=C(NCCN(CC1CC1)C1CC1)N1CCC(C)(C)C1. The van der Waals surface area contributed by atoms with Crippen LogP contribution in [-0.2, 0) is 0 Å². The Balaban J connectivity index is 1.42. The summed E-state index contributed by atoms with van der Waals surface area (Å²) in [5.41, 5.74) is 0.434. The lowest BCUT2D eigenvalue weighted by Gasteiger charge is -2.26. The molecule has 0 unspecified atom stereocenters. The summed E-state index contributed by atoms with van der Waals surface area (Å²) in [7, 11) is 1.91. The fourth-order valence-electron chi connectivity index (χ4n) is 3.43. The lowest BCUT2D eigenvalue weighted by atomic mass is 9.93. The number of hydrogen-bond donors (Lipinski definition) is 1. The summed E-state index contributed by atoms with van der Waals surface area (Å²) < 4.78 is 0. The van der Waals surface area contributed by atoms with Crippen LogP contribution in [0.1, 0.15) is 46.0 Å². The van der Waals surface area contributed by atoms with Gasteiger partial charge in [0.2, 0.25) is 0 Å². The molecule has 3 aliphatic rings. The Hall–Kier alpha value is -0.770. The summed E-state index contributed by atoms with van der Waals surface area (Å²) in [6.07, 6.45) is 7.02. The van der Waals surface area contributed by atoms with E-state index >= 15 is 0 Å². The first-order chi connectivity index (χ1) is 10.1. The van der Waals surface area contributed by atoms with E-state index in [0.29, 0.717) is 5.41 Å². The van der Waals surface area contributed by atoms with Crippen LogP contribution in [0.3, 0.4) is 0 Å². The molecule has 0 aromatic rings. The van der Waals surface area contributed by atoms with E-state index in [0.717, 1.165) is 37.6 Å². The molecule has 4 nitrogen and oxygen atoms in total. The van der Waals surface area contributed by atoms with Gasteiger partial charge in [-0.25, -0.2) is 0 Å². The predicted octanol–water partition coefficient (Wildman–Crippen LogP) is 2.17. The number of guanidine groups is 1. The Morgan fingerprint density at radius 3 is 2.57 bits per heavy atom. The summed E-state index contributed by atoms with van der Waals surface area (Å²) in [6, 6.07) is 0.889. The van der Waals surface area contributed by atoms with Crippen LogP contribution < -0.4 is 5.32 Å². The minimum Gasteiger partial charge on any atom is -0.355 e. The first-order valence-electron chi connectivity index (χ1n) is 8.77. The highest BCUT2D eigenvalue weighted by Gasteiger charge is 2.34. The highest BCUT2D eigenvalue weighted by atomic mass is 15.3. The minimum absolute atomic E-state index is 0.434. The molecule has 2 aliphatic carbocycles. The van der Waals surface area contributed by atoms with Crippen LogP contribution in [0.25, 0.3) is 0 Å². The van der Waals surface area contributed by atoms with Crippen molar-refractivity contribution in [3.05, 3.63) is 0 Å². The lowest BCUT2D eigenvalue weighted by Crippen LogP contribution is -2.44. The predicted molar refractivity (Wildman–Crippen MR) is 88.7 cm³/mol. The van der Waals surface area contributed by atoms with Crippen LogP contribution in [0, 0.1) is 11.3 Å². The van der Waals surface area contributed by atoms with Gasteiger partial charge in [-0.15, -0.1) is 0 Å². The van der Waals surface area contributed by atoms with Gasteiger partial charge in [0, 0.05) is 45.8 Å². The summed E-state index contributed by atoms with van der Waals surface area (Å²) in [5.74, 6) is 2.10. The van der Waals surface area contributed by atoms with Gasteiger partial charge >= 0.3 is 0 Å². The molecule has 0 spiro atoms. The maximum Gasteiger partial charge on any atom is 0.193 e. The Bertz CT molecular complexity index is 382. The lowest BCUT2D eigenvalue weighted by molar-refractivity contribution is 0.255. The molecule has 120 valence electrons. The summed E-state index contributed by atoms with van der Waals surface area (Å²) in [6.45, 7) is 10.5. The van der Waals surface area contributed by atoms with Gasteiger partial charge in [-0.05, 0) is 43.4 Å². The third-order valence-electron chi connectivity index (χ3n) is 5.12. The average molecular weight is 292 g/mol. The molecule has 0 bridgehead atoms. The number of likely N-dealkylation sites (tertiary alicyclic amines) is 1. The van der Waals surface area contributed by atoms with Crippen LogP contribution in [0.5, 0.6) is 0 Å². The zero-order valence-electron chi connectivity index (χ0n) is 14.1. The van der Waals surface area contributed by atoms with Crippen molar-refractivity contribution in [1.82, 2.24) is 15.1 Å². The van der Waals surface area contributed by atoms with Crippen LogP contribution in [0.15, 0.2) is 4.99 Å². The van der Waals surface area contributed by atoms with Crippen molar-refractivity contribution in [3.63, 3.8) is 0 Å². The standard InChI is InChI=1S/C17H32N4/c1-17(2)8-10-21(13-17)16(18-3)19-9-11-20(15-6-7-15)12-14-4-5-14/h14-15H,4-13H2,1-3H3,(H,18,19). The molecule has 1 N–H and O–H groups in total. The molecule has 3 fully saturated rings. The van der Waals surface area contributed by atoms with Crippen LogP contribution in [0.4, 0.5) is 0 Å². The van der Waals surface area contributed by atoms with E-state index in [2.05, 4.69) is 34.0 Å². The highest BCUT2D eigenvalue weighted by molar-refractivity contribution is 5.80. The second-order valence-electron chi connectivity index (χ2n) is 7.98. The van der Waals surface area contributed by atoms with Crippen molar-refractivity contribution >= 4 is 5.96 Å². The molecule has 0 atom stereocenters. The van der Waals surface area contributed by atoms with Gasteiger partial charge in [0.1, 0.15) is 0 Å². The van der Waals surface area contributed by atoms with Crippen LogP contribution in [0.2, 0.25) is 0 Å². The maximum absolute atomic E-state index is 4.48. The van der Waals surface area contributed by atoms with Gasteiger partial charge in [-0.3, -0.25) is 9.89 Å². The summed E-state index contributed by atoms with van der Waals surface area (Å²) in [4.78, 5) is 9.61. The van der Waals surface area contributed by atoms with Crippen LogP contribution in [-0.4, -0.2) is 61.6 Å². The molecular formula is C17H32N4. The Kier molecular flexibility index (Phi) is 4.43. The van der Waals surface area contributed by atoms with Gasteiger partial charge < -0.3 is 10.2 Å². The third-order valence-corrected chi connectivity index (χ3v) is 5.12. The zero-order valence-corrected chi connectivity index (χ0v) is 14.1. The molecule has 0 radical (unpaired) electrons. The fourth-order valence-corrected chi connectivity index (χ4v) is 3.43. The topological polar surface area (TPSA) is 30.9 Å². The molecule has 1 heterocycles. The van der Waals surface area contributed by atoms with Gasteiger partial charge in [-0.1, -0.05) is 13.8 Å². The van der Waals surface area contributed by atoms with E-state index in [9.17, 15) is 0 Å². The van der Waals surface area contributed by atoms with Gasteiger partial charge in [0.05, 0.1) is 0 Å². The summed E-state index contributed by atoms with van der Waals surface area (Å²) >= 11 is 0. The Morgan fingerprint density at radius 2 is 2.05 bits per heavy atom. The quantitative estimate of drug-likeness (QED) is 0.601. The van der Waals surface area contributed by atoms with Gasteiger partial charge in [0.25, 0.3) is 0 Å². The average Bonchev–Trinajstić information content (AvgIpc) is 3.33. The fraction of sp³-hybridized carbons (Fsp3) is 0.941. The van der Waals surface area contributed by atoms with E-state index in [1.54, 1.807) is 0 Å². The molecule has 1 saturated heterocycles. The van der Waals surface area contributed by atoms with E-state index < -0.39 is 0 Å². The number of aliphatic imine (C=N–C) groups is 1. The smallest absolute Gasteiger partial charge is 0.193 e. The van der Waals surface area contributed by atoms with Crippen LogP contribution >= 0.6 is 0 Å². The van der Waals surface area contributed by atoms with Crippen molar-refractivity contribution < 1.29 is 0 Å². The monoisotopic (exact) mass is 292 g/mol. The second kappa shape index (κ2) is 6.15. The van der Waals surface area contributed by atoms with E-state index in [1.165, 1.54) is 45.2 Å². The second-order valence-corrected chi connectivity index (χ2v) is 7.98. The molecule has 0 amide bonds. The summed E-state index contributed by atoms with van der Waals surface area (Å²) in [5, 5.41) is 3.59. The molecule has 1 aliphatic heterocycles. The van der Waals surface area contributed by atoms with E-state index in [1.807, 2.05) is 7.05 Å². The van der Waals surface area contributed by atoms with Crippen molar-refractivity contribution in [3.8, 4) is 0 Å². The largest absolute Gasteiger partial charge is 0.355 e. The number of rotatable bonds is 6. The molecule has 21 heavy (non-hydrogen) atoms. The first-order valence-corrected chi connectivity index (χ1v) is 8.77. The van der Waals surface area contributed by atoms with Crippen molar-refractivity contribution in [2.24, 2.45) is 16.3 Å². The van der Waals surface area contributed by atoms with Crippen molar-refractivity contribution in [2.75, 3.05) is 39.8 Å². The molecule has 3 rings (SSSR count). The normalized spacial score (nSPS) is 25.7. The first kappa shape index (κ1) is 15.1. The molecule has 0 aromatic heterocycles. The van der Waals surface area contributed by atoms with Gasteiger partial charge in [-0.2, -0.15) is 0 Å².